The van der Waals surface area contributed by atoms with Crippen LogP contribution < -0.4 is 16.0 Å². The van der Waals surface area contributed by atoms with Gasteiger partial charge in [-0.1, -0.05) is 6.92 Å². The third-order valence-electron chi connectivity index (χ3n) is 3.05. The lowest BCUT2D eigenvalue weighted by atomic mass is 10.1. The highest BCUT2D eigenvalue weighted by molar-refractivity contribution is 6.39. The molecule has 0 atom stereocenters. The molecule has 0 saturated carbocycles. The van der Waals surface area contributed by atoms with Crippen molar-refractivity contribution in [1.29, 1.82) is 0 Å². The Morgan fingerprint density at radius 2 is 2.22 bits per heavy atom. The summed E-state index contributed by atoms with van der Waals surface area (Å²) in [7, 11) is 0. The van der Waals surface area contributed by atoms with Crippen LogP contribution in [0, 0.1) is 0 Å². The summed E-state index contributed by atoms with van der Waals surface area (Å²) < 4.78 is 0. The van der Waals surface area contributed by atoms with E-state index in [4.69, 9.17) is 5.73 Å². The summed E-state index contributed by atoms with van der Waals surface area (Å²) in [4.78, 5) is 24.2. The van der Waals surface area contributed by atoms with Gasteiger partial charge in [-0.15, -0.1) is 0 Å². The highest BCUT2D eigenvalue weighted by Crippen LogP contribution is 2.30. The fraction of sp³-hybridized carbons (Fsp3) is 0.385. The van der Waals surface area contributed by atoms with Gasteiger partial charge in [-0.25, -0.2) is 0 Å². The van der Waals surface area contributed by atoms with E-state index in [0.29, 0.717) is 5.69 Å². The van der Waals surface area contributed by atoms with Crippen molar-refractivity contribution in [2.45, 2.75) is 19.8 Å². The van der Waals surface area contributed by atoms with E-state index in [2.05, 4.69) is 17.1 Å². The van der Waals surface area contributed by atoms with Gasteiger partial charge in [-0.3, -0.25) is 9.59 Å². The fourth-order valence-electron chi connectivity index (χ4n) is 2.24. The minimum absolute atomic E-state index is 0.621. The number of nitrogens with one attached hydrogen (secondary N) is 1. The van der Waals surface area contributed by atoms with Crippen LogP contribution in [-0.2, 0) is 16.0 Å². The number of nitrogens with zero attached hydrogens (tertiary/aromatic N) is 1. The Balaban J connectivity index is 2.14. The molecule has 0 fully saturated rings. The zero-order chi connectivity index (χ0) is 13.1. The molecule has 2 rings (SSSR count). The number of carbonyl (C=O) groups is 2. The third kappa shape index (κ3) is 2.45. The Morgan fingerprint density at radius 1 is 1.44 bits per heavy atom. The van der Waals surface area contributed by atoms with Crippen molar-refractivity contribution in [3.8, 4) is 0 Å². The summed E-state index contributed by atoms with van der Waals surface area (Å²) in [6, 6.07) is 5.69. The first-order valence-electron chi connectivity index (χ1n) is 6.10. The molecule has 0 aromatic heterocycles. The lowest BCUT2D eigenvalue weighted by Gasteiger charge is -2.18. The first kappa shape index (κ1) is 12.4. The summed E-state index contributed by atoms with van der Waals surface area (Å²) in [5.41, 5.74) is 7.94. The van der Waals surface area contributed by atoms with Crippen molar-refractivity contribution in [3.63, 3.8) is 0 Å². The largest absolute Gasteiger partial charge is 0.371 e. The highest BCUT2D eigenvalue weighted by atomic mass is 16.2. The molecule has 0 bridgehead atoms. The number of amides is 2. The molecule has 1 aliphatic heterocycles. The van der Waals surface area contributed by atoms with Crippen LogP contribution in [0.15, 0.2) is 18.2 Å². The summed E-state index contributed by atoms with van der Waals surface area (Å²) in [5, 5.41) is 2.49. The molecule has 0 unspecified atom stereocenters. The molecular weight excluding hydrogens is 230 g/mol. The van der Waals surface area contributed by atoms with Gasteiger partial charge in [0, 0.05) is 24.5 Å². The van der Waals surface area contributed by atoms with E-state index in [9.17, 15) is 9.59 Å². The third-order valence-corrected chi connectivity index (χ3v) is 3.05. The molecule has 1 aliphatic rings. The van der Waals surface area contributed by atoms with Crippen LogP contribution in [0.4, 0.5) is 11.4 Å². The predicted molar refractivity (Wildman–Crippen MR) is 70.5 cm³/mol. The molecule has 96 valence electrons. The van der Waals surface area contributed by atoms with Gasteiger partial charge in [0.15, 0.2) is 0 Å². The van der Waals surface area contributed by atoms with E-state index in [1.807, 2.05) is 12.1 Å². The molecule has 18 heavy (non-hydrogen) atoms. The number of carbonyl (C=O) groups excluding carboxylic acids is 2. The van der Waals surface area contributed by atoms with Crippen molar-refractivity contribution < 1.29 is 9.59 Å². The maximum atomic E-state index is 11.2. The van der Waals surface area contributed by atoms with Crippen LogP contribution in [0.5, 0.6) is 0 Å². The van der Waals surface area contributed by atoms with Crippen molar-refractivity contribution >= 4 is 23.2 Å². The van der Waals surface area contributed by atoms with Gasteiger partial charge in [0.2, 0.25) is 0 Å². The van der Waals surface area contributed by atoms with Gasteiger partial charge in [-0.05, 0) is 36.6 Å². The normalized spacial score (nSPS) is 13.3. The number of nitrogens with two attached hydrogens (primary N) is 1. The number of fused-ring (bicyclic) bond motifs is 1. The van der Waals surface area contributed by atoms with E-state index < -0.39 is 11.8 Å². The van der Waals surface area contributed by atoms with Crippen LogP contribution in [0.25, 0.3) is 0 Å². The molecule has 1 aromatic rings. The lowest BCUT2D eigenvalue weighted by Crippen LogP contribution is -2.29. The lowest BCUT2D eigenvalue weighted by molar-refractivity contribution is -0.134. The molecule has 0 saturated heterocycles. The molecule has 5 nitrogen and oxygen atoms in total. The zero-order valence-corrected chi connectivity index (χ0v) is 10.4. The van der Waals surface area contributed by atoms with E-state index in [-0.39, 0.29) is 0 Å². The number of benzene rings is 1. The quantitative estimate of drug-likeness (QED) is 0.779. The standard InChI is InChI=1S/C13H17N3O2/c1-2-6-16-7-5-9-8-10(3-4-11(9)16)15-13(18)12(14)17/h3-4,8H,2,5-7H2,1H3,(H2,14,17)(H,15,18). The van der Waals surface area contributed by atoms with Gasteiger partial charge in [0.25, 0.3) is 0 Å². The maximum absolute atomic E-state index is 11.2. The van der Waals surface area contributed by atoms with Gasteiger partial charge < -0.3 is 16.0 Å². The van der Waals surface area contributed by atoms with Gasteiger partial charge in [0.1, 0.15) is 0 Å². The minimum Gasteiger partial charge on any atom is -0.371 e. The summed E-state index contributed by atoms with van der Waals surface area (Å²) in [6.07, 6.45) is 2.08. The first-order valence-corrected chi connectivity index (χ1v) is 6.10. The minimum atomic E-state index is -0.969. The number of anilines is 2. The van der Waals surface area contributed by atoms with Crippen molar-refractivity contribution in [2.75, 3.05) is 23.3 Å². The van der Waals surface area contributed by atoms with E-state index in [1.54, 1.807) is 6.07 Å². The topological polar surface area (TPSA) is 75.4 Å². The van der Waals surface area contributed by atoms with Gasteiger partial charge in [-0.2, -0.15) is 0 Å². The van der Waals surface area contributed by atoms with Crippen LogP contribution in [0.1, 0.15) is 18.9 Å². The Kier molecular flexibility index (Phi) is 3.50. The SMILES string of the molecule is CCCN1CCc2cc(NC(=O)C(N)=O)ccc21. The fourth-order valence-corrected chi connectivity index (χ4v) is 2.24. The van der Waals surface area contributed by atoms with Crippen LogP contribution >= 0.6 is 0 Å². The number of hydrogen-bond acceptors (Lipinski definition) is 3. The second-order valence-corrected chi connectivity index (χ2v) is 4.40. The van der Waals surface area contributed by atoms with E-state index in [0.717, 1.165) is 25.9 Å². The Morgan fingerprint density at radius 3 is 2.89 bits per heavy atom. The first-order chi connectivity index (χ1) is 8.61. The highest BCUT2D eigenvalue weighted by Gasteiger charge is 2.19. The summed E-state index contributed by atoms with van der Waals surface area (Å²) in [5.74, 6) is -1.75. The molecule has 5 heteroatoms. The van der Waals surface area contributed by atoms with Gasteiger partial charge in [0.05, 0.1) is 0 Å². The number of rotatable bonds is 3. The zero-order valence-electron chi connectivity index (χ0n) is 10.4. The smallest absolute Gasteiger partial charge is 0.313 e. The summed E-state index contributed by atoms with van der Waals surface area (Å²) >= 11 is 0. The molecule has 1 aromatic carbocycles. The van der Waals surface area contributed by atoms with Crippen LogP contribution in [0.2, 0.25) is 0 Å². The van der Waals surface area contributed by atoms with E-state index in [1.165, 1.54) is 11.3 Å². The average molecular weight is 247 g/mol. The predicted octanol–water partition coefficient (Wildman–Crippen LogP) is 0.883. The van der Waals surface area contributed by atoms with E-state index >= 15 is 0 Å². The average Bonchev–Trinajstić information content (AvgIpc) is 2.72. The van der Waals surface area contributed by atoms with Crippen LogP contribution in [-0.4, -0.2) is 24.9 Å². The Hall–Kier alpha value is -2.04. The van der Waals surface area contributed by atoms with Crippen molar-refractivity contribution in [1.82, 2.24) is 0 Å². The molecule has 2 amide bonds. The summed E-state index contributed by atoms with van der Waals surface area (Å²) in [6.45, 7) is 4.20. The molecular formula is C13H17N3O2. The monoisotopic (exact) mass is 247 g/mol. The van der Waals surface area contributed by atoms with Crippen molar-refractivity contribution in [2.24, 2.45) is 5.73 Å². The number of hydrogen-bond donors (Lipinski definition) is 2. The van der Waals surface area contributed by atoms with Crippen molar-refractivity contribution in [3.05, 3.63) is 23.8 Å². The Bertz CT molecular complexity index is 485. The van der Waals surface area contributed by atoms with Gasteiger partial charge >= 0.3 is 11.8 Å². The Labute approximate surface area is 106 Å². The molecule has 0 spiro atoms. The second-order valence-electron chi connectivity index (χ2n) is 4.40. The maximum Gasteiger partial charge on any atom is 0.313 e. The molecule has 0 radical (unpaired) electrons. The molecule has 1 heterocycles. The molecule has 3 N–H and O–H groups in total. The van der Waals surface area contributed by atoms with Crippen LogP contribution in [0.3, 0.4) is 0 Å². The molecule has 0 aliphatic carbocycles. The number of primary amides is 1. The second kappa shape index (κ2) is 5.08.